The average molecular weight is 299 g/mol. The molecule has 1 heterocycles. The lowest BCUT2D eigenvalue weighted by atomic mass is 10.0. The van der Waals surface area contributed by atoms with Gasteiger partial charge in [-0.2, -0.15) is 0 Å². The molecule has 2 aromatic carbocycles. The normalized spacial score (nSPS) is 24.1. The molecule has 0 spiro atoms. The highest BCUT2D eigenvalue weighted by Crippen LogP contribution is 2.41. The fourth-order valence-corrected chi connectivity index (χ4v) is 2.51. The fraction of sp³-hybridized carbons (Fsp3) is 0.235. The van der Waals surface area contributed by atoms with Crippen LogP contribution in [0.2, 0.25) is 0 Å². The Morgan fingerprint density at radius 3 is 2.41 bits per heavy atom. The van der Waals surface area contributed by atoms with Gasteiger partial charge in [0.1, 0.15) is 6.10 Å². The molecule has 5 nitrogen and oxygen atoms in total. The zero-order valence-corrected chi connectivity index (χ0v) is 12.1. The summed E-state index contributed by atoms with van der Waals surface area (Å²) in [5.41, 5.74) is 8.11. The molecule has 0 aliphatic carbocycles. The highest BCUT2D eigenvalue weighted by molar-refractivity contribution is 5.76. The lowest BCUT2D eigenvalue weighted by Crippen LogP contribution is -2.27. The molecule has 0 saturated carbocycles. The van der Waals surface area contributed by atoms with Crippen molar-refractivity contribution in [2.45, 2.75) is 18.5 Å². The molecule has 22 heavy (non-hydrogen) atoms. The largest absolute Gasteiger partial charge is 0.467 e. The summed E-state index contributed by atoms with van der Waals surface area (Å²) in [7, 11) is 1.33. The molecule has 3 atom stereocenters. The van der Waals surface area contributed by atoms with E-state index in [2.05, 4.69) is 0 Å². The molecule has 2 N–H and O–H groups in total. The number of carbonyl (C=O) groups is 1. The number of carbonyl (C=O) groups excluding carboxylic acids is 1. The molecule has 0 aromatic heterocycles. The summed E-state index contributed by atoms with van der Waals surface area (Å²) in [5.74, 6) is -0.480. The fourth-order valence-electron chi connectivity index (χ4n) is 2.51. The number of nitrogen functional groups attached to an aromatic ring is 1. The molecule has 1 unspecified atom stereocenters. The second kappa shape index (κ2) is 6.17. The van der Waals surface area contributed by atoms with Crippen LogP contribution in [0.3, 0.4) is 0 Å². The van der Waals surface area contributed by atoms with Crippen LogP contribution in [0.25, 0.3) is 0 Å². The van der Waals surface area contributed by atoms with Gasteiger partial charge < -0.3 is 19.9 Å². The van der Waals surface area contributed by atoms with Gasteiger partial charge in [0.2, 0.25) is 0 Å². The minimum atomic E-state index is -0.847. The van der Waals surface area contributed by atoms with Crippen LogP contribution >= 0.6 is 0 Å². The van der Waals surface area contributed by atoms with E-state index in [4.69, 9.17) is 19.9 Å². The van der Waals surface area contributed by atoms with E-state index in [0.29, 0.717) is 5.69 Å². The minimum Gasteiger partial charge on any atom is -0.467 e. The molecule has 0 radical (unpaired) electrons. The monoisotopic (exact) mass is 299 g/mol. The molecular weight excluding hydrogens is 282 g/mol. The van der Waals surface area contributed by atoms with Gasteiger partial charge in [0.05, 0.1) is 7.11 Å². The van der Waals surface area contributed by atoms with Crippen LogP contribution in [0.4, 0.5) is 5.69 Å². The standard InChI is InChI=1S/C17H17NO4/c1-20-16(19)15-14(12-9-5-6-10-13(12)18)21-17(22-15)11-7-3-2-4-8-11/h2-10,14-15,17H,18H2,1H3/t14-,15+,17?/m0/s1. The van der Waals surface area contributed by atoms with Crippen LogP contribution in [0.15, 0.2) is 54.6 Å². The first kappa shape index (κ1) is 14.6. The summed E-state index contributed by atoms with van der Waals surface area (Å²) in [5, 5.41) is 0. The Morgan fingerprint density at radius 2 is 1.73 bits per heavy atom. The van der Waals surface area contributed by atoms with Crippen molar-refractivity contribution in [3.05, 3.63) is 65.7 Å². The molecule has 0 amide bonds. The molecular formula is C17H17NO4. The van der Waals surface area contributed by atoms with E-state index in [9.17, 15) is 4.79 Å². The molecule has 5 heteroatoms. The number of nitrogens with two attached hydrogens (primary N) is 1. The van der Waals surface area contributed by atoms with Gasteiger partial charge in [-0.3, -0.25) is 0 Å². The third-order valence-corrected chi connectivity index (χ3v) is 3.62. The van der Waals surface area contributed by atoms with Gasteiger partial charge in [-0.05, 0) is 6.07 Å². The SMILES string of the molecule is COC(=O)[C@@H]1OC(c2ccccc2)O[C@H]1c1ccccc1N. The zero-order chi connectivity index (χ0) is 15.5. The average Bonchev–Trinajstić information content (AvgIpc) is 3.00. The zero-order valence-electron chi connectivity index (χ0n) is 12.1. The Bertz CT molecular complexity index is 659. The maximum atomic E-state index is 12.0. The van der Waals surface area contributed by atoms with E-state index in [-0.39, 0.29) is 0 Å². The number of rotatable bonds is 3. The van der Waals surface area contributed by atoms with E-state index < -0.39 is 24.5 Å². The summed E-state index contributed by atoms with van der Waals surface area (Å²) in [4.78, 5) is 12.0. The van der Waals surface area contributed by atoms with Crippen LogP contribution in [0.5, 0.6) is 0 Å². The molecule has 3 rings (SSSR count). The first-order valence-corrected chi connectivity index (χ1v) is 6.99. The van der Waals surface area contributed by atoms with E-state index >= 15 is 0 Å². The van der Waals surface area contributed by atoms with Crippen molar-refractivity contribution in [3.8, 4) is 0 Å². The van der Waals surface area contributed by atoms with Crippen LogP contribution in [-0.2, 0) is 19.0 Å². The molecule has 1 fully saturated rings. The Balaban J connectivity index is 1.93. The number of para-hydroxylation sites is 1. The number of hydrogen-bond acceptors (Lipinski definition) is 5. The van der Waals surface area contributed by atoms with Gasteiger partial charge in [0, 0.05) is 16.8 Å². The Labute approximate surface area is 128 Å². The first-order chi connectivity index (χ1) is 10.7. The first-order valence-electron chi connectivity index (χ1n) is 6.99. The maximum absolute atomic E-state index is 12.0. The van der Waals surface area contributed by atoms with Gasteiger partial charge in [0.15, 0.2) is 12.4 Å². The molecule has 114 valence electrons. The van der Waals surface area contributed by atoms with Gasteiger partial charge in [-0.25, -0.2) is 4.79 Å². The molecule has 0 bridgehead atoms. The number of hydrogen-bond donors (Lipinski definition) is 1. The van der Waals surface area contributed by atoms with Crippen molar-refractivity contribution in [3.63, 3.8) is 0 Å². The molecule has 1 aliphatic heterocycles. The predicted octanol–water partition coefficient (Wildman–Crippen LogP) is 2.60. The Hall–Kier alpha value is -2.37. The van der Waals surface area contributed by atoms with Crippen LogP contribution in [0.1, 0.15) is 23.5 Å². The Morgan fingerprint density at radius 1 is 1.05 bits per heavy atom. The summed E-state index contributed by atoms with van der Waals surface area (Å²) in [6.45, 7) is 0. The van der Waals surface area contributed by atoms with Crippen LogP contribution in [0, 0.1) is 0 Å². The van der Waals surface area contributed by atoms with Crippen molar-refractivity contribution in [2.75, 3.05) is 12.8 Å². The van der Waals surface area contributed by atoms with Crippen molar-refractivity contribution < 1.29 is 19.0 Å². The quantitative estimate of drug-likeness (QED) is 0.697. The van der Waals surface area contributed by atoms with E-state index in [1.807, 2.05) is 48.5 Å². The third-order valence-electron chi connectivity index (χ3n) is 3.62. The maximum Gasteiger partial charge on any atom is 0.338 e. The molecule has 1 aliphatic rings. The summed E-state index contributed by atoms with van der Waals surface area (Å²) >= 11 is 0. The van der Waals surface area contributed by atoms with E-state index in [0.717, 1.165) is 11.1 Å². The van der Waals surface area contributed by atoms with Crippen molar-refractivity contribution in [1.82, 2.24) is 0 Å². The smallest absolute Gasteiger partial charge is 0.338 e. The van der Waals surface area contributed by atoms with Gasteiger partial charge in [-0.15, -0.1) is 0 Å². The highest BCUT2D eigenvalue weighted by atomic mass is 16.7. The van der Waals surface area contributed by atoms with Crippen LogP contribution < -0.4 is 5.73 Å². The van der Waals surface area contributed by atoms with Gasteiger partial charge >= 0.3 is 5.97 Å². The predicted molar refractivity (Wildman–Crippen MR) is 80.8 cm³/mol. The van der Waals surface area contributed by atoms with Crippen molar-refractivity contribution >= 4 is 11.7 Å². The van der Waals surface area contributed by atoms with E-state index in [1.54, 1.807) is 6.07 Å². The summed E-state index contributed by atoms with van der Waals surface area (Å²) in [6, 6.07) is 16.7. The number of ether oxygens (including phenoxy) is 3. The number of anilines is 1. The van der Waals surface area contributed by atoms with E-state index in [1.165, 1.54) is 7.11 Å². The summed E-state index contributed by atoms with van der Waals surface area (Å²) < 4.78 is 16.5. The second-order valence-corrected chi connectivity index (χ2v) is 5.01. The summed E-state index contributed by atoms with van der Waals surface area (Å²) in [6.07, 6.45) is -2.08. The van der Waals surface area contributed by atoms with Crippen molar-refractivity contribution in [2.24, 2.45) is 0 Å². The van der Waals surface area contributed by atoms with Gasteiger partial charge in [-0.1, -0.05) is 48.5 Å². The Kier molecular flexibility index (Phi) is 4.09. The van der Waals surface area contributed by atoms with Gasteiger partial charge in [0.25, 0.3) is 0 Å². The number of esters is 1. The lowest BCUT2D eigenvalue weighted by molar-refractivity contribution is -0.154. The topological polar surface area (TPSA) is 70.8 Å². The van der Waals surface area contributed by atoms with Crippen molar-refractivity contribution in [1.29, 1.82) is 0 Å². The number of benzene rings is 2. The third kappa shape index (κ3) is 2.68. The molecule has 1 saturated heterocycles. The lowest BCUT2D eigenvalue weighted by Gasteiger charge is -2.16. The number of methoxy groups -OCH3 is 1. The highest BCUT2D eigenvalue weighted by Gasteiger charge is 2.43. The van der Waals surface area contributed by atoms with Crippen LogP contribution in [-0.4, -0.2) is 19.2 Å². The second-order valence-electron chi connectivity index (χ2n) is 5.01. The molecule has 2 aromatic rings. The minimum absolute atomic E-state index is 0.480.